The Morgan fingerprint density at radius 2 is 1.94 bits per heavy atom. The first kappa shape index (κ1) is 13.4. The third kappa shape index (κ3) is 3.17. The highest BCUT2D eigenvalue weighted by Crippen LogP contribution is 2.24. The highest BCUT2D eigenvalue weighted by Gasteiger charge is 2.26. The number of hydrogen-bond acceptors (Lipinski definition) is 2. The van der Waals surface area contributed by atoms with Crippen LogP contribution >= 0.6 is 0 Å². The third-order valence-corrected chi connectivity index (χ3v) is 3.24. The zero-order valence-corrected chi connectivity index (χ0v) is 10.9. The van der Waals surface area contributed by atoms with Gasteiger partial charge in [0.2, 0.25) is 0 Å². The fraction of sp³-hybridized carbons (Fsp3) is 0.467. The third-order valence-electron chi connectivity index (χ3n) is 3.24. The molecule has 2 nitrogen and oxygen atoms in total. The lowest BCUT2D eigenvalue weighted by Crippen LogP contribution is -2.23. The van der Waals surface area contributed by atoms with Gasteiger partial charge < -0.3 is 0 Å². The van der Waals surface area contributed by atoms with E-state index >= 15 is 0 Å². The Morgan fingerprint density at radius 1 is 1.29 bits per heavy atom. The Balaban J connectivity index is 3.01. The number of benzene rings is 1. The lowest BCUT2D eigenvalue weighted by atomic mass is 9.83. The van der Waals surface area contributed by atoms with Crippen LogP contribution < -0.4 is 0 Å². The lowest BCUT2D eigenvalue weighted by Gasteiger charge is -2.18. The molecule has 2 heteroatoms. The molecule has 17 heavy (non-hydrogen) atoms. The second-order valence-electron chi connectivity index (χ2n) is 4.91. The van der Waals surface area contributed by atoms with Gasteiger partial charge in [0.25, 0.3) is 0 Å². The highest BCUT2D eigenvalue weighted by atomic mass is 16.1. The van der Waals surface area contributed by atoms with Gasteiger partial charge in [0.15, 0.2) is 5.78 Å². The summed E-state index contributed by atoms with van der Waals surface area (Å²) in [6, 6.07) is 9.76. The summed E-state index contributed by atoms with van der Waals surface area (Å²) in [5.41, 5.74) is 1.89. The molecule has 0 aliphatic heterocycles. The number of Topliss-reactive ketones (excluding diaryl/α,β-unsaturated/α-hetero) is 1. The predicted octanol–water partition coefficient (Wildman–Crippen LogP) is 3.46. The van der Waals surface area contributed by atoms with Crippen molar-refractivity contribution in [2.75, 3.05) is 0 Å². The molecule has 0 N–H and O–H groups in total. The van der Waals surface area contributed by atoms with Crippen molar-refractivity contribution in [2.45, 2.75) is 33.6 Å². The fourth-order valence-corrected chi connectivity index (χ4v) is 1.74. The van der Waals surface area contributed by atoms with E-state index in [-0.39, 0.29) is 17.6 Å². The van der Waals surface area contributed by atoms with Crippen molar-refractivity contribution in [1.29, 1.82) is 5.26 Å². The summed E-state index contributed by atoms with van der Waals surface area (Å²) in [5, 5.41) is 9.20. The molecule has 2 atom stereocenters. The maximum atomic E-state index is 12.2. The van der Waals surface area contributed by atoms with E-state index in [1.165, 1.54) is 0 Å². The quantitative estimate of drug-likeness (QED) is 0.793. The van der Waals surface area contributed by atoms with Crippen molar-refractivity contribution in [3.05, 3.63) is 35.4 Å². The molecule has 0 aromatic heterocycles. The minimum atomic E-state index is -0.632. The molecule has 2 unspecified atom stereocenters. The number of carbonyl (C=O) groups is 1. The van der Waals surface area contributed by atoms with Gasteiger partial charge >= 0.3 is 0 Å². The van der Waals surface area contributed by atoms with E-state index in [1.54, 1.807) is 0 Å². The van der Waals surface area contributed by atoms with E-state index in [4.69, 9.17) is 0 Å². The van der Waals surface area contributed by atoms with Gasteiger partial charge in [0.1, 0.15) is 5.92 Å². The Hall–Kier alpha value is -1.62. The van der Waals surface area contributed by atoms with E-state index in [0.29, 0.717) is 0 Å². The zero-order valence-electron chi connectivity index (χ0n) is 10.9. The van der Waals surface area contributed by atoms with E-state index < -0.39 is 5.92 Å². The molecule has 0 saturated carbocycles. The SMILES string of the molecule is Cc1cccc(C(C#N)C(=O)C(C)C(C)C)c1. The van der Waals surface area contributed by atoms with Crippen molar-refractivity contribution in [3.8, 4) is 6.07 Å². The molecule has 90 valence electrons. The monoisotopic (exact) mass is 229 g/mol. The van der Waals surface area contributed by atoms with Crippen LogP contribution in [-0.4, -0.2) is 5.78 Å². The van der Waals surface area contributed by atoms with E-state index in [1.807, 2.05) is 52.0 Å². The lowest BCUT2D eigenvalue weighted by molar-refractivity contribution is -0.123. The number of ketones is 1. The number of hydrogen-bond donors (Lipinski definition) is 0. The Morgan fingerprint density at radius 3 is 2.41 bits per heavy atom. The molecule has 1 aromatic carbocycles. The number of carbonyl (C=O) groups excluding carboxylic acids is 1. The van der Waals surface area contributed by atoms with E-state index in [0.717, 1.165) is 11.1 Å². The summed E-state index contributed by atoms with van der Waals surface area (Å²) in [4.78, 5) is 12.2. The summed E-state index contributed by atoms with van der Waals surface area (Å²) >= 11 is 0. The molecule has 0 aliphatic rings. The van der Waals surface area contributed by atoms with Crippen molar-refractivity contribution in [1.82, 2.24) is 0 Å². The largest absolute Gasteiger partial charge is 0.298 e. The first-order valence-corrected chi connectivity index (χ1v) is 5.97. The van der Waals surface area contributed by atoms with Crippen molar-refractivity contribution < 1.29 is 4.79 Å². The molecular weight excluding hydrogens is 210 g/mol. The highest BCUT2D eigenvalue weighted by molar-refractivity contribution is 5.90. The first-order chi connectivity index (χ1) is 7.97. The van der Waals surface area contributed by atoms with Crippen LogP contribution in [0.1, 0.15) is 37.8 Å². The van der Waals surface area contributed by atoms with Crippen LogP contribution in [0.25, 0.3) is 0 Å². The van der Waals surface area contributed by atoms with E-state index in [9.17, 15) is 10.1 Å². The van der Waals surface area contributed by atoms with Crippen LogP contribution in [0.3, 0.4) is 0 Å². The molecule has 1 aromatic rings. The standard InChI is InChI=1S/C15H19NO/c1-10(2)12(4)15(17)14(9-16)13-7-5-6-11(3)8-13/h5-8,10,12,14H,1-4H3. The summed E-state index contributed by atoms with van der Waals surface area (Å²) < 4.78 is 0. The molecule has 0 saturated heterocycles. The maximum absolute atomic E-state index is 12.2. The number of aryl methyl sites for hydroxylation is 1. The number of rotatable bonds is 4. The molecule has 0 amide bonds. The fourth-order valence-electron chi connectivity index (χ4n) is 1.74. The van der Waals surface area contributed by atoms with Gasteiger partial charge in [-0.25, -0.2) is 0 Å². The summed E-state index contributed by atoms with van der Waals surface area (Å²) in [6.45, 7) is 7.88. The predicted molar refractivity (Wildman–Crippen MR) is 68.5 cm³/mol. The molecule has 0 heterocycles. The van der Waals surface area contributed by atoms with Gasteiger partial charge in [-0.15, -0.1) is 0 Å². The molecule has 0 fully saturated rings. The summed E-state index contributed by atoms with van der Waals surface area (Å²) in [7, 11) is 0. The Bertz CT molecular complexity index is 442. The second kappa shape index (κ2) is 5.63. The molecule has 1 rings (SSSR count). The molecule has 0 spiro atoms. The molecular formula is C15H19NO. The van der Waals surface area contributed by atoms with Crippen molar-refractivity contribution in [3.63, 3.8) is 0 Å². The Kier molecular flexibility index (Phi) is 4.45. The smallest absolute Gasteiger partial charge is 0.157 e. The first-order valence-electron chi connectivity index (χ1n) is 5.97. The average Bonchev–Trinajstić information content (AvgIpc) is 2.28. The van der Waals surface area contributed by atoms with E-state index in [2.05, 4.69) is 6.07 Å². The van der Waals surface area contributed by atoms with Crippen LogP contribution in [0.4, 0.5) is 0 Å². The normalized spacial score (nSPS) is 14.1. The second-order valence-corrected chi connectivity index (χ2v) is 4.91. The van der Waals surface area contributed by atoms with Crippen LogP contribution in [0, 0.1) is 30.1 Å². The minimum Gasteiger partial charge on any atom is -0.298 e. The number of nitriles is 1. The molecule has 0 radical (unpaired) electrons. The van der Waals surface area contributed by atoms with Gasteiger partial charge in [-0.05, 0) is 18.4 Å². The summed E-state index contributed by atoms with van der Waals surface area (Å²) in [5.74, 6) is -0.427. The van der Waals surface area contributed by atoms with Gasteiger partial charge in [-0.2, -0.15) is 5.26 Å². The minimum absolute atomic E-state index is 0.0214. The van der Waals surface area contributed by atoms with Crippen LogP contribution in [0.2, 0.25) is 0 Å². The van der Waals surface area contributed by atoms with Gasteiger partial charge in [0, 0.05) is 5.92 Å². The average molecular weight is 229 g/mol. The van der Waals surface area contributed by atoms with Crippen LogP contribution in [0.5, 0.6) is 0 Å². The number of nitrogens with zero attached hydrogens (tertiary/aromatic N) is 1. The van der Waals surface area contributed by atoms with Crippen molar-refractivity contribution >= 4 is 5.78 Å². The van der Waals surface area contributed by atoms with Gasteiger partial charge in [-0.1, -0.05) is 50.6 Å². The van der Waals surface area contributed by atoms with Gasteiger partial charge in [-0.3, -0.25) is 4.79 Å². The molecule has 0 bridgehead atoms. The maximum Gasteiger partial charge on any atom is 0.157 e. The van der Waals surface area contributed by atoms with Crippen LogP contribution in [-0.2, 0) is 4.79 Å². The van der Waals surface area contributed by atoms with Crippen LogP contribution in [0.15, 0.2) is 24.3 Å². The topological polar surface area (TPSA) is 40.9 Å². The Labute approximate surface area is 103 Å². The zero-order chi connectivity index (χ0) is 13.0. The van der Waals surface area contributed by atoms with Gasteiger partial charge in [0.05, 0.1) is 6.07 Å². The summed E-state index contributed by atoms with van der Waals surface area (Å²) in [6.07, 6.45) is 0. The molecule has 0 aliphatic carbocycles. The van der Waals surface area contributed by atoms with Crippen molar-refractivity contribution in [2.24, 2.45) is 11.8 Å².